The van der Waals surface area contributed by atoms with Gasteiger partial charge in [0.2, 0.25) is 5.91 Å². The van der Waals surface area contributed by atoms with Gasteiger partial charge in [0.15, 0.2) is 17.1 Å². The number of benzene rings is 2. The lowest BCUT2D eigenvalue weighted by molar-refractivity contribution is -0.113. The molecule has 0 spiro atoms. The molecule has 0 radical (unpaired) electrons. The van der Waals surface area contributed by atoms with Crippen LogP contribution in [0.4, 0.5) is 5.69 Å². The summed E-state index contributed by atoms with van der Waals surface area (Å²) in [6.45, 7) is 6.60. The Kier molecular flexibility index (Phi) is 7.94. The first-order valence-electron chi connectivity index (χ1n) is 10.3. The minimum Gasteiger partial charge on any atom is -0.494 e. The van der Waals surface area contributed by atoms with E-state index >= 15 is 0 Å². The lowest BCUT2D eigenvalue weighted by Crippen LogP contribution is -2.14. The van der Waals surface area contributed by atoms with Gasteiger partial charge >= 0.3 is 0 Å². The number of nitrogens with zero attached hydrogens (tertiary/aromatic N) is 3. The van der Waals surface area contributed by atoms with Crippen molar-refractivity contribution in [2.24, 2.45) is 7.05 Å². The SMILES string of the molecule is CCOc1ccc(NC(=O)CSc2nnc(C(C)Oc3ccc(CC)cc3)n2C)cc1. The number of anilines is 1. The van der Waals surface area contributed by atoms with Crippen LogP contribution >= 0.6 is 11.8 Å². The molecule has 1 unspecified atom stereocenters. The van der Waals surface area contributed by atoms with Gasteiger partial charge in [-0.1, -0.05) is 30.8 Å². The van der Waals surface area contributed by atoms with Gasteiger partial charge in [0.25, 0.3) is 0 Å². The monoisotopic (exact) mass is 440 g/mol. The van der Waals surface area contributed by atoms with E-state index < -0.39 is 0 Å². The molecule has 3 rings (SSSR count). The molecule has 164 valence electrons. The molecule has 8 heteroatoms. The Morgan fingerprint density at radius 3 is 2.39 bits per heavy atom. The van der Waals surface area contributed by atoms with E-state index in [-0.39, 0.29) is 17.8 Å². The summed E-state index contributed by atoms with van der Waals surface area (Å²) in [7, 11) is 1.88. The summed E-state index contributed by atoms with van der Waals surface area (Å²) in [6, 6.07) is 15.3. The summed E-state index contributed by atoms with van der Waals surface area (Å²) in [6.07, 6.45) is 0.725. The first-order valence-corrected chi connectivity index (χ1v) is 11.3. The molecule has 0 aliphatic rings. The van der Waals surface area contributed by atoms with Crippen molar-refractivity contribution in [3.63, 3.8) is 0 Å². The van der Waals surface area contributed by atoms with E-state index in [1.54, 1.807) is 0 Å². The number of thioether (sulfide) groups is 1. The van der Waals surface area contributed by atoms with Crippen molar-refractivity contribution >= 4 is 23.4 Å². The Morgan fingerprint density at radius 2 is 1.74 bits per heavy atom. The molecule has 1 aromatic heterocycles. The molecule has 1 atom stereocenters. The van der Waals surface area contributed by atoms with Crippen molar-refractivity contribution in [1.82, 2.24) is 14.8 Å². The van der Waals surface area contributed by atoms with Crippen molar-refractivity contribution in [3.8, 4) is 11.5 Å². The van der Waals surface area contributed by atoms with Gasteiger partial charge in [-0.05, 0) is 62.2 Å². The van der Waals surface area contributed by atoms with Crippen molar-refractivity contribution in [1.29, 1.82) is 0 Å². The number of aromatic nitrogens is 3. The zero-order chi connectivity index (χ0) is 22.2. The van der Waals surface area contributed by atoms with Gasteiger partial charge in [0, 0.05) is 12.7 Å². The zero-order valence-electron chi connectivity index (χ0n) is 18.3. The minimum atomic E-state index is -0.267. The smallest absolute Gasteiger partial charge is 0.234 e. The second kappa shape index (κ2) is 10.9. The summed E-state index contributed by atoms with van der Waals surface area (Å²) >= 11 is 1.33. The topological polar surface area (TPSA) is 78.3 Å². The highest BCUT2D eigenvalue weighted by Gasteiger charge is 2.18. The molecular weight excluding hydrogens is 412 g/mol. The maximum Gasteiger partial charge on any atom is 0.234 e. The minimum absolute atomic E-state index is 0.112. The maximum atomic E-state index is 12.3. The third-order valence-corrected chi connectivity index (χ3v) is 5.68. The molecule has 0 fully saturated rings. The second-order valence-electron chi connectivity index (χ2n) is 6.95. The summed E-state index contributed by atoms with van der Waals surface area (Å²) in [5.41, 5.74) is 1.99. The lowest BCUT2D eigenvalue weighted by Gasteiger charge is -2.14. The average molecular weight is 441 g/mol. The first-order chi connectivity index (χ1) is 15.0. The fourth-order valence-corrected chi connectivity index (χ4v) is 3.71. The van der Waals surface area contributed by atoms with Crippen LogP contribution in [0.1, 0.15) is 38.3 Å². The molecule has 0 aliphatic carbocycles. The standard InChI is InChI=1S/C23H28N4O3S/c1-5-17-7-11-20(12-8-17)30-16(3)22-25-26-23(27(22)4)31-15-21(28)24-18-9-13-19(14-10-18)29-6-2/h7-14,16H,5-6,15H2,1-4H3,(H,24,28). The van der Waals surface area contributed by atoms with Crippen LogP contribution in [0.2, 0.25) is 0 Å². The van der Waals surface area contributed by atoms with Crippen molar-refractivity contribution in [2.45, 2.75) is 38.5 Å². The molecule has 7 nitrogen and oxygen atoms in total. The number of amides is 1. The zero-order valence-corrected chi connectivity index (χ0v) is 19.1. The number of carbonyl (C=O) groups excluding carboxylic acids is 1. The number of rotatable bonds is 10. The Balaban J connectivity index is 1.53. The van der Waals surface area contributed by atoms with E-state index in [0.717, 1.165) is 23.6 Å². The molecule has 2 aromatic carbocycles. The van der Waals surface area contributed by atoms with E-state index in [1.807, 2.05) is 61.9 Å². The van der Waals surface area contributed by atoms with Gasteiger partial charge in [-0.2, -0.15) is 0 Å². The molecule has 3 aromatic rings. The summed E-state index contributed by atoms with van der Waals surface area (Å²) in [5.74, 6) is 2.39. The predicted octanol–water partition coefficient (Wildman–Crippen LogP) is 4.65. The first kappa shape index (κ1) is 22.7. The Labute approximate surface area is 187 Å². The molecular formula is C23H28N4O3S. The summed E-state index contributed by atoms with van der Waals surface area (Å²) in [4.78, 5) is 12.3. The van der Waals surface area contributed by atoms with Crippen molar-refractivity contribution < 1.29 is 14.3 Å². The number of hydrogen-bond acceptors (Lipinski definition) is 6. The van der Waals surface area contributed by atoms with Crippen LogP contribution in [0.3, 0.4) is 0 Å². The van der Waals surface area contributed by atoms with Crippen molar-refractivity contribution in [3.05, 3.63) is 59.9 Å². The largest absolute Gasteiger partial charge is 0.494 e. The summed E-state index contributed by atoms with van der Waals surface area (Å²) < 4.78 is 13.3. The van der Waals surface area contributed by atoms with Crippen molar-refractivity contribution in [2.75, 3.05) is 17.7 Å². The number of carbonyl (C=O) groups is 1. The van der Waals surface area contributed by atoms with Crippen LogP contribution in [0.15, 0.2) is 53.7 Å². The number of ether oxygens (including phenoxy) is 2. The molecule has 0 aliphatic heterocycles. The highest BCUT2D eigenvalue weighted by atomic mass is 32.2. The van der Waals surface area contributed by atoms with Gasteiger partial charge in [0.05, 0.1) is 12.4 Å². The van der Waals surface area contributed by atoms with Crippen LogP contribution in [0.5, 0.6) is 11.5 Å². The average Bonchev–Trinajstić information content (AvgIpc) is 3.15. The maximum absolute atomic E-state index is 12.3. The molecule has 0 saturated heterocycles. The van der Waals surface area contributed by atoms with Crippen LogP contribution < -0.4 is 14.8 Å². The Morgan fingerprint density at radius 1 is 1.06 bits per heavy atom. The Hall–Kier alpha value is -3.00. The number of aryl methyl sites for hydroxylation is 1. The fraction of sp³-hybridized carbons (Fsp3) is 0.348. The van der Waals surface area contributed by atoms with E-state index in [9.17, 15) is 4.79 Å². The quantitative estimate of drug-likeness (QED) is 0.463. The number of nitrogens with one attached hydrogen (secondary N) is 1. The molecule has 1 heterocycles. The van der Waals surface area contributed by atoms with E-state index in [1.165, 1.54) is 17.3 Å². The second-order valence-corrected chi connectivity index (χ2v) is 7.89. The fourth-order valence-electron chi connectivity index (χ4n) is 2.99. The van der Waals surface area contributed by atoms with Gasteiger partial charge < -0.3 is 19.4 Å². The van der Waals surface area contributed by atoms with Crippen LogP contribution in [-0.4, -0.2) is 33.0 Å². The third kappa shape index (κ3) is 6.24. The molecule has 1 N–H and O–H groups in total. The van der Waals surface area contributed by atoms with E-state index in [2.05, 4.69) is 34.6 Å². The number of hydrogen-bond donors (Lipinski definition) is 1. The molecule has 0 saturated carbocycles. The van der Waals surface area contributed by atoms with E-state index in [4.69, 9.17) is 9.47 Å². The molecule has 31 heavy (non-hydrogen) atoms. The normalized spacial score (nSPS) is 11.7. The Bertz CT molecular complexity index is 987. The third-order valence-electron chi connectivity index (χ3n) is 4.66. The molecule has 0 bridgehead atoms. The van der Waals surface area contributed by atoms with Gasteiger partial charge in [0.1, 0.15) is 11.5 Å². The van der Waals surface area contributed by atoms with Crippen LogP contribution in [0, 0.1) is 0 Å². The van der Waals surface area contributed by atoms with Crippen LogP contribution in [0.25, 0.3) is 0 Å². The highest BCUT2D eigenvalue weighted by Crippen LogP contribution is 2.24. The lowest BCUT2D eigenvalue weighted by atomic mass is 10.2. The van der Waals surface area contributed by atoms with Crippen LogP contribution in [-0.2, 0) is 18.3 Å². The van der Waals surface area contributed by atoms with Gasteiger partial charge in [-0.3, -0.25) is 4.79 Å². The highest BCUT2D eigenvalue weighted by molar-refractivity contribution is 7.99. The summed E-state index contributed by atoms with van der Waals surface area (Å²) in [5, 5.41) is 12.0. The van der Waals surface area contributed by atoms with E-state index in [0.29, 0.717) is 17.6 Å². The van der Waals surface area contributed by atoms with Gasteiger partial charge in [-0.15, -0.1) is 10.2 Å². The predicted molar refractivity (Wildman–Crippen MR) is 123 cm³/mol. The molecule has 1 amide bonds. The van der Waals surface area contributed by atoms with Gasteiger partial charge in [-0.25, -0.2) is 0 Å².